The summed E-state index contributed by atoms with van der Waals surface area (Å²) in [5, 5.41) is 4.14. The summed E-state index contributed by atoms with van der Waals surface area (Å²) in [4.78, 5) is 4.95. The third-order valence-corrected chi connectivity index (χ3v) is 5.84. The number of halogens is 2. The van der Waals surface area contributed by atoms with Crippen LogP contribution in [0.25, 0.3) is 0 Å². The van der Waals surface area contributed by atoms with E-state index < -0.39 is 0 Å². The Hall–Kier alpha value is -0.530. The number of aryl methyl sites for hydroxylation is 1. The van der Waals surface area contributed by atoms with Crippen molar-refractivity contribution in [2.24, 2.45) is 0 Å². The highest BCUT2D eigenvalue weighted by atomic mass is 79.9. The minimum Gasteiger partial charge on any atom is -0.491 e. The second-order valence-electron chi connectivity index (χ2n) is 6.53. The van der Waals surface area contributed by atoms with E-state index in [0.29, 0.717) is 6.61 Å². The molecule has 2 fully saturated rings. The van der Waals surface area contributed by atoms with Crippen LogP contribution >= 0.6 is 27.5 Å². The molecule has 2 heterocycles. The van der Waals surface area contributed by atoms with Crippen molar-refractivity contribution in [3.8, 4) is 5.75 Å². The van der Waals surface area contributed by atoms with Gasteiger partial charge in [-0.3, -0.25) is 4.90 Å². The van der Waals surface area contributed by atoms with Crippen LogP contribution in [0.4, 0.5) is 5.69 Å². The van der Waals surface area contributed by atoms with Crippen LogP contribution in [-0.2, 0) is 4.74 Å². The predicted octanol–water partition coefficient (Wildman–Crippen LogP) is 2.88. The molecule has 1 aromatic rings. The molecule has 0 amide bonds. The fraction of sp³-hybridized carbons (Fsp3) is 0.667. The number of piperazine rings is 1. The average Bonchev–Trinajstić information content (AvgIpc) is 2.63. The highest BCUT2D eigenvalue weighted by Crippen LogP contribution is 2.40. The van der Waals surface area contributed by atoms with Gasteiger partial charge in [-0.25, -0.2) is 0 Å². The van der Waals surface area contributed by atoms with Crippen molar-refractivity contribution in [1.29, 1.82) is 0 Å². The van der Waals surface area contributed by atoms with Crippen LogP contribution in [0.3, 0.4) is 0 Å². The Labute approximate surface area is 163 Å². The summed E-state index contributed by atoms with van der Waals surface area (Å²) >= 11 is 10.3. The molecule has 0 saturated carbocycles. The third kappa shape index (κ3) is 5.01. The predicted molar refractivity (Wildman–Crippen MR) is 106 cm³/mol. The zero-order valence-electron chi connectivity index (χ0n) is 14.8. The van der Waals surface area contributed by atoms with Gasteiger partial charge in [0.25, 0.3) is 0 Å². The van der Waals surface area contributed by atoms with Crippen molar-refractivity contribution >= 4 is 33.2 Å². The highest BCUT2D eigenvalue weighted by Gasteiger charge is 2.26. The molecule has 3 rings (SSSR count). The number of rotatable bonds is 6. The van der Waals surface area contributed by atoms with Crippen LogP contribution < -0.4 is 15.0 Å². The first-order chi connectivity index (χ1) is 12.2. The van der Waals surface area contributed by atoms with E-state index in [-0.39, 0.29) is 4.95 Å². The molecule has 1 aromatic carbocycles. The lowest BCUT2D eigenvalue weighted by atomic mass is 10.1. The standard InChI is InChI=1S/C18H27BrClN3O2/c1-14-3-4-15(20)17(23-7-5-21-13-16(23)19)18(14)25-10-2-6-22-8-11-24-12-9-22/h3-4,16,21H,2,5-13H2,1H3. The quantitative estimate of drug-likeness (QED) is 0.425. The van der Waals surface area contributed by atoms with E-state index in [1.54, 1.807) is 0 Å². The van der Waals surface area contributed by atoms with E-state index in [2.05, 4.69) is 38.0 Å². The van der Waals surface area contributed by atoms with Gasteiger partial charge in [0.05, 0.1) is 35.5 Å². The monoisotopic (exact) mass is 431 g/mol. The summed E-state index contributed by atoms with van der Waals surface area (Å²) in [5.74, 6) is 0.917. The summed E-state index contributed by atoms with van der Waals surface area (Å²) in [6.07, 6.45) is 1.00. The molecule has 0 spiro atoms. The van der Waals surface area contributed by atoms with Crippen molar-refractivity contribution in [2.45, 2.75) is 18.3 Å². The van der Waals surface area contributed by atoms with E-state index in [4.69, 9.17) is 21.1 Å². The minimum absolute atomic E-state index is 0.219. The topological polar surface area (TPSA) is 37.0 Å². The van der Waals surface area contributed by atoms with Gasteiger partial charge in [-0.1, -0.05) is 33.6 Å². The van der Waals surface area contributed by atoms with Gasteiger partial charge in [0, 0.05) is 39.3 Å². The Morgan fingerprint density at radius 2 is 2.12 bits per heavy atom. The van der Waals surface area contributed by atoms with E-state index in [9.17, 15) is 0 Å². The summed E-state index contributed by atoms with van der Waals surface area (Å²) in [6, 6.07) is 4.00. The molecular formula is C18H27BrClN3O2. The minimum atomic E-state index is 0.219. The Balaban J connectivity index is 1.64. The van der Waals surface area contributed by atoms with E-state index in [1.165, 1.54) is 0 Å². The summed E-state index contributed by atoms with van der Waals surface area (Å²) in [6.45, 7) is 10.3. The number of morpholine rings is 1. The van der Waals surface area contributed by atoms with Crippen molar-refractivity contribution in [3.05, 3.63) is 22.7 Å². The molecule has 1 atom stereocenters. The molecule has 0 aromatic heterocycles. The first-order valence-corrected chi connectivity index (χ1v) is 10.3. The highest BCUT2D eigenvalue weighted by molar-refractivity contribution is 9.09. The number of nitrogens with zero attached hydrogens (tertiary/aromatic N) is 2. The van der Waals surface area contributed by atoms with Gasteiger partial charge in [-0.15, -0.1) is 0 Å². The van der Waals surface area contributed by atoms with Crippen molar-refractivity contribution in [3.63, 3.8) is 0 Å². The van der Waals surface area contributed by atoms with Gasteiger partial charge < -0.3 is 19.7 Å². The molecule has 1 N–H and O–H groups in total. The molecule has 0 radical (unpaired) electrons. The van der Waals surface area contributed by atoms with Gasteiger partial charge >= 0.3 is 0 Å². The lowest BCUT2D eigenvalue weighted by molar-refractivity contribution is 0.0358. The first kappa shape index (κ1) is 19.2. The smallest absolute Gasteiger partial charge is 0.147 e. The van der Waals surface area contributed by atoms with Gasteiger partial charge in [0.1, 0.15) is 5.75 Å². The van der Waals surface area contributed by atoms with Crippen LogP contribution in [0, 0.1) is 6.92 Å². The van der Waals surface area contributed by atoms with E-state index >= 15 is 0 Å². The number of nitrogens with one attached hydrogen (secondary N) is 1. The van der Waals surface area contributed by atoms with Crippen molar-refractivity contribution < 1.29 is 9.47 Å². The number of hydrogen-bond acceptors (Lipinski definition) is 5. The molecule has 2 aliphatic heterocycles. The largest absolute Gasteiger partial charge is 0.491 e. The molecule has 7 heteroatoms. The fourth-order valence-corrected chi connectivity index (χ4v) is 4.20. The number of ether oxygens (including phenoxy) is 2. The summed E-state index contributed by atoms with van der Waals surface area (Å²) < 4.78 is 11.6. The molecule has 2 aliphatic rings. The Morgan fingerprint density at radius 3 is 2.88 bits per heavy atom. The first-order valence-electron chi connectivity index (χ1n) is 9.00. The van der Waals surface area contributed by atoms with Gasteiger partial charge in [0.15, 0.2) is 0 Å². The summed E-state index contributed by atoms with van der Waals surface area (Å²) in [5.41, 5.74) is 2.14. The maximum absolute atomic E-state index is 6.55. The molecule has 2 saturated heterocycles. The Kier molecular flexibility index (Phi) is 7.25. The molecule has 140 valence electrons. The van der Waals surface area contributed by atoms with Crippen molar-refractivity contribution in [1.82, 2.24) is 10.2 Å². The van der Waals surface area contributed by atoms with Crippen LogP contribution in [0.2, 0.25) is 5.02 Å². The number of alkyl halides is 1. The van der Waals surface area contributed by atoms with Crippen LogP contribution in [0.15, 0.2) is 12.1 Å². The normalized spacial score (nSPS) is 22.2. The van der Waals surface area contributed by atoms with E-state index in [0.717, 1.165) is 80.9 Å². The maximum Gasteiger partial charge on any atom is 0.147 e. The molecule has 1 unspecified atom stereocenters. The average molecular weight is 433 g/mol. The molecule has 25 heavy (non-hydrogen) atoms. The van der Waals surface area contributed by atoms with Crippen LogP contribution in [-0.4, -0.2) is 68.9 Å². The van der Waals surface area contributed by atoms with Crippen LogP contribution in [0.5, 0.6) is 5.75 Å². The van der Waals surface area contributed by atoms with Crippen molar-refractivity contribution in [2.75, 3.05) is 64.0 Å². The van der Waals surface area contributed by atoms with Gasteiger partial charge in [-0.2, -0.15) is 0 Å². The number of anilines is 1. The Morgan fingerprint density at radius 1 is 1.32 bits per heavy atom. The number of hydrogen-bond donors (Lipinski definition) is 1. The van der Waals surface area contributed by atoms with Gasteiger partial charge in [-0.05, 0) is 25.0 Å². The second-order valence-corrected chi connectivity index (χ2v) is 7.99. The zero-order valence-corrected chi connectivity index (χ0v) is 17.1. The second kappa shape index (κ2) is 9.42. The van der Waals surface area contributed by atoms with Crippen LogP contribution in [0.1, 0.15) is 12.0 Å². The number of benzene rings is 1. The maximum atomic E-state index is 6.55. The summed E-state index contributed by atoms with van der Waals surface area (Å²) in [7, 11) is 0. The van der Waals surface area contributed by atoms with Gasteiger partial charge in [0.2, 0.25) is 0 Å². The molecular weight excluding hydrogens is 406 g/mol. The fourth-order valence-electron chi connectivity index (χ4n) is 3.31. The molecule has 0 bridgehead atoms. The third-order valence-electron chi connectivity index (χ3n) is 4.72. The lowest BCUT2D eigenvalue weighted by Gasteiger charge is -2.36. The lowest BCUT2D eigenvalue weighted by Crippen LogP contribution is -2.48. The molecule has 5 nitrogen and oxygen atoms in total. The SMILES string of the molecule is Cc1ccc(Cl)c(N2CCNCC2Br)c1OCCCN1CCOCC1. The Bertz CT molecular complexity index is 569. The molecule has 0 aliphatic carbocycles. The zero-order chi connectivity index (χ0) is 17.6. The van der Waals surface area contributed by atoms with E-state index in [1.807, 2.05) is 12.1 Å².